The third kappa shape index (κ3) is 4.71. The number of carbonyl (C=O) groups excluding carboxylic acids is 1. The van der Waals surface area contributed by atoms with Gasteiger partial charge in [-0.2, -0.15) is 5.10 Å². The number of ether oxygens (including phenoxy) is 1. The quantitative estimate of drug-likeness (QED) is 0.250. The molecule has 4 rings (SSSR count). The molecule has 0 radical (unpaired) electrons. The molecule has 0 unspecified atom stereocenters. The molecular formula is C22H21BrN6O2S. The van der Waals surface area contributed by atoms with Gasteiger partial charge in [0, 0.05) is 21.5 Å². The van der Waals surface area contributed by atoms with E-state index in [0.717, 1.165) is 21.6 Å². The summed E-state index contributed by atoms with van der Waals surface area (Å²) in [7, 11) is 0. The van der Waals surface area contributed by atoms with Gasteiger partial charge in [0.2, 0.25) is 5.91 Å². The van der Waals surface area contributed by atoms with E-state index >= 15 is 0 Å². The molecule has 0 aliphatic rings. The fourth-order valence-corrected chi connectivity index (χ4v) is 4.26. The van der Waals surface area contributed by atoms with Crippen molar-refractivity contribution in [1.82, 2.24) is 19.7 Å². The number of rotatable bonds is 7. The summed E-state index contributed by atoms with van der Waals surface area (Å²) in [5, 5.41) is 19.9. The Morgan fingerprint density at radius 2 is 1.94 bits per heavy atom. The lowest BCUT2D eigenvalue weighted by Crippen LogP contribution is -2.23. The normalized spacial score (nSPS) is 11.0. The number of benzene rings is 2. The number of hydrogen-bond acceptors (Lipinski definition) is 6. The van der Waals surface area contributed by atoms with Gasteiger partial charge in [0.15, 0.2) is 10.8 Å². The largest absolute Gasteiger partial charge is 0.494 e. The fraction of sp³-hybridized carbons (Fsp3) is 0.182. The molecule has 1 amide bonds. The van der Waals surface area contributed by atoms with Crippen LogP contribution < -0.4 is 15.5 Å². The van der Waals surface area contributed by atoms with Crippen molar-refractivity contribution in [3.8, 4) is 11.4 Å². The van der Waals surface area contributed by atoms with Crippen LogP contribution in [0.15, 0.2) is 58.2 Å². The van der Waals surface area contributed by atoms with Gasteiger partial charge in [-0.3, -0.25) is 19.9 Å². The van der Waals surface area contributed by atoms with Crippen LogP contribution in [0.25, 0.3) is 16.7 Å². The lowest BCUT2D eigenvalue weighted by atomic mass is 10.3. The minimum atomic E-state index is -0.173. The first kappa shape index (κ1) is 22.1. The number of nitrogens with zero attached hydrogens (tertiary/aromatic N) is 3. The van der Waals surface area contributed by atoms with Crippen molar-refractivity contribution in [2.24, 2.45) is 0 Å². The van der Waals surface area contributed by atoms with Crippen LogP contribution >= 0.6 is 27.7 Å². The summed E-state index contributed by atoms with van der Waals surface area (Å²) in [5.41, 5.74) is 2.96. The smallest absolute Gasteiger partial charge is 0.234 e. The molecule has 8 nitrogen and oxygen atoms in total. The van der Waals surface area contributed by atoms with Crippen molar-refractivity contribution >= 4 is 50.3 Å². The Balaban J connectivity index is 1.59. The summed E-state index contributed by atoms with van der Waals surface area (Å²) in [6.07, 6.45) is 0. The Morgan fingerprint density at radius 1 is 1.22 bits per heavy atom. The van der Waals surface area contributed by atoms with Crippen molar-refractivity contribution in [3.63, 3.8) is 0 Å². The van der Waals surface area contributed by atoms with E-state index in [9.17, 15) is 4.79 Å². The predicted molar refractivity (Wildman–Crippen MR) is 128 cm³/mol. The zero-order chi connectivity index (χ0) is 22.7. The van der Waals surface area contributed by atoms with Crippen molar-refractivity contribution in [2.45, 2.75) is 19.0 Å². The van der Waals surface area contributed by atoms with Crippen LogP contribution in [0.1, 0.15) is 12.6 Å². The van der Waals surface area contributed by atoms with Gasteiger partial charge in [-0.25, -0.2) is 4.98 Å². The first-order valence-electron chi connectivity index (χ1n) is 9.90. The number of aromatic amines is 1. The number of aromatic nitrogens is 4. The van der Waals surface area contributed by atoms with E-state index in [1.54, 1.807) is 16.7 Å². The van der Waals surface area contributed by atoms with Crippen molar-refractivity contribution in [3.05, 3.63) is 64.2 Å². The first-order chi connectivity index (χ1) is 15.5. The first-order valence-corrected chi connectivity index (χ1v) is 11.7. The number of carbonyl (C=O) groups is 1. The molecule has 0 aliphatic carbocycles. The summed E-state index contributed by atoms with van der Waals surface area (Å²) in [6, 6.07) is 14.8. The molecule has 0 atom stereocenters. The standard InChI is InChI=1S/C22H21BrN6O2S/c1-3-31-17-10-6-15(7-11-17)25-18(30)12-32-22-26-21-19(13(2)27-28-21)20(24)29(22)16-8-4-14(23)5-9-16/h4-11,24H,3,12H2,1-2H3,(H,25,30)(H,27,28). The van der Waals surface area contributed by atoms with Gasteiger partial charge in [-0.15, -0.1) is 0 Å². The fourth-order valence-electron chi connectivity index (χ4n) is 3.18. The van der Waals surface area contributed by atoms with E-state index in [2.05, 4.69) is 36.4 Å². The molecule has 10 heteroatoms. The Morgan fingerprint density at radius 3 is 2.62 bits per heavy atom. The number of fused-ring (bicyclic) bond motifs is 1. The summed E-state index contributed by atoms with van der Waals surface area (Å²) in [5.74, 6) is 0.712. The van der Waals surface area contributed by atoms with E-state index in [1.807, 2.05) is 50.2 Å². The minimum absolute atomic E-state index is 0.130. The topological polar surface area (TPSA) is 109 Å². The second-order valence-electron chi connectivity index (χ2n) is 6.90. The Labute approximate surface area is 197 Å². The van der Waals surface area contributed by atoms with Gasteiger partial charge >= 0.3 is 0 Å². The van der Waals surface area contributed by atoms with E-state index in [-0.39, 0.29) is 17.1 Å². The Hall–Kier alpha value is -3.11. The summed E-state index contributed by atoms with van der Waals surface area (Å²) < 4.78 is 8.09. The zero-order valence-corrected chi connectivity index (χ0v) is 19.9. The molecule has 0 spiro atoms. The number of halogens is 1. The number of amides is 1. The maximum Gasteiger partial charge on any atom is 0.234 e. The number of hydrogen-bond donors (Lipinski definition) is 3. The molecule has 0 aliphatic heterocycles. The predicted octanol–water partition coefficient (Wildman–Crippen LogP) is 4.43. The highest BCUT2D eigenvalue weighted by atomic mass is 79.9. The third-order valence-electron chi connectivity index (χ3n) is 4.65. The third-order valence-corrected chi connectivity index (χ3v) is 6.11. The average molecular weight is 513 g/mol. The number of H-pyrrole nitrogens is 1. The summed E-state index contributed by atoms with van der Waals surface area (Å²) in [6.45, 7) is 4.37. The van der Waals surface area contributed by atoms with Gasteiger partial charge in [-0.05, 0) is 62.4 Å². The molecule has 2 aromatic carbocycles. The molecule has 2 heterocycles. The molecular weight excluding hydrogens is 492 g/mol. The maximum absolute atomic E-state index is 12.6. The highest BCUT2D eigenvalue weighted by Crippen LogP contribution is 2.23. The Kier molecular flexibility index (Phi) is 6.61. The summed E-state index contributed by atoms with van der Waals surface area (Å²) in [4.78, 5) is 17.2. The lowest BCUT2D eigenvalue weighted by Gasteiger charge is -2.13. The zero-order valence-electron chi connectivity index (χ0n) is 17.5. The molecule has 0 saturated carbocycles. The van der Waals surface area contributed by atoms with E-state index < -0.39 is 0 Å². The molecule has 3 N–H and O–H groups in total. The van der Waals surface area contributed by atoms with Crippen molar-refractivity contribution in [2.75, 3.05) is 17.7 Å². The molecule has 164 valence electrons. The van der Waals surface area contributed by atoms with Crippen LogP contribution in [0.5, 0.6) is 5.75 Å². The highest BCUT2D eigenvalue weighted by Gasteiger charge is 2.16. The maximum atomic E-state index is 12.6. The van der Waals surface area contributed by atoms with Gasteiger partial charge in [0.1, 0.15) is 11.2 Å². The second-order valence-corrected chi connectivity index (χ2v) is 8.75. The molecule has 4 aromatic rings. The van der Waals surface area contributed by atoms with Gasteiger partial charge < -0.3 is 10.1 Å². The van der Waals surface area contributed by atoms with Crippen LogP contribution in [-0.4, -0.2) is 38.0 Å². The second kappa shape index (κ2) is 9.58. The number of anilines is 1. The summed E-state index contributed by atoms with van der Waals surface area (Å²) >= 11 is 4.69. The molecule has 0 fully saturated rings. The van der Waals surface area contributed by atoms with Gasteiger partial charge in [-0.1, -0.05) is 27.7 Å². The minimum Gasteiger partial charge on any atom is -0.494 e. The Bertz CT molecular complexity index is 1320. The van der Waals surface area contributed by atoms with Crippen molar-refractivity contribution in [1.29, 1.82) is 5.41 Å². The average Bonchev–Trinajstić information content (AvgIpc) is 3.16. The molecule has 0 saturated heterocycles. The SMILES string of the molecule is CCOc1ccc(NC(=O)CSc2nc3n[nH]c(C)c3c(=N)n2-c2ccc(Br)cc2)cc1. The molecule has 0 bridgehead atoms. The van der Waals surface area contributed by atoms with E-state index in [0.29, 0.717) is 28.5 Å². The van der Waals surface area contributed by atoms with E-state index in [4.69, 9.17) is 10.1 Å². The van der Waals surface area contributed by atoms with Gasteiger partial charge in [0.05, 0.1) is 17.7 Å². The highest BCUT2D eigenvalue weighted by molar-refractivity contribution is 9.10. The molecule has 2 aromatic heterocycles. The van der Waals surface area contributed by atoms with Crippen LogP contribution in [0, 0.1) is 12.3 Å². The van der Waals surface area contributed by atoms with Crippen LogP contribution in [0.3, 0.4) is 0 Å². The van der Waals surface area contributed by atoms with Crippen LogP contribution in [0.4, 0.5) is 5.69 Å². The monoisotopic (exact) mass is 512 g/mol. The molecule has 32 heavy (non-hydrogen) atoms. The number of aryl methyl sites for hydroxylation is 1. The number of nitrogens with one attached hydrogen (secondary N) is 3. The van der Waals surface area contributed by atoms with Crippen molar-refractivity contribution < 1.29 is 9.53 Å². The van der Waals surface area contributed by atoms with Gasteiger partial charge in [0.25, 0.3) is 0 Å². The number of thioether (sulfide) groups is 1. The van der Waals surface area contributed by atoms with Crippen LogP contribution in [0.2, 0.25) is 0 Å². The lowest BCUT2D eigenvalue weighted by molar-refractivity contribution is -0.113. The van der Waals surface area contributed by atoms with E-state index in [1.165, 1.54) is 11.8 Å². The van der Waals surface area contributed by atoms with Crippen LogP contribution in [-0.2, 0) is 4.79 Å².